The van der Waals surface area contributed by atoms with Gasteiger partial charge in [0.2, 0.25) is 0 Å². The predicted molar refractivity (Wildman–Crippen MR) is 136 cm³/mol. The Bertz CT molecular complexity index is 1340. The van der Waals surface area contributed by atoms with Crippen molar-refractivity contribution in [1.29, 1.82) is 5.26 Å². The Hall–Kier alpha value is -2.74. The summed E-state index contributed by atoms with van der Waals surface area (Å²) in [7, 11) is 0. The van der Waals surface area contributed by atoms with Crippen LogP contribution in [0.25, 0.3) is 0 Å². The van der Waals surface area contributed by atoms with Crippen molar-refractivity contribution in [2.75, 3.05) is 0 Å². The largest absolute Gasteiger partial charge is 0.491 e. The van der Waals surface area contributed by atoms with Crippen LogP contribution in [0, 0.1) is 34.8 Å². The highest BCUT2D eigenvalue weighted by atomic mass is 35.5. The highest BCUT2D eigenvalue weighted by Crippen LogP contribution is 2.54. The number of ether oxygens (including phenoxy) is 1. The van der Waals surface area contributed by atoms with Crippen LogP contribution < -0.4 is 5.32 Å². The molecular weight excluding hydrogens is 578 g/mol. The van der Waals surface area contributed by atoms with E-state index in [4.69, 9.17) is 23.2 Å². The number of esters is 2. The van der Waals surface area contributed by atoms with Gasteiger partial charge in [-0.1, -0.05) is 80.4 Å². The first kappa shape index (κ1) is 30.2. The lowest BCUT2D eigenvalue weighted by atomic mass is 9.60. The maximum atomic E-state index is 15.7. The fraction of sp³-hybridized carbons (Fsp3) is 0.464. The Kier molecular flexibility index (Phi) is 8.79. The normalized spacial score (nSPS) is 26.2. The number of carbonyl (C=O) groups excluding carboxylic acids is 2. The summed E-state index contributed by atoms with van der Waals surface area (Å²) in [5, 5.41) is 13.4. The molecule has 1 heterocycles. The summed E-state index contributed by atoms with van der Waals surface area (Å²) >= 11 is 12.0. The van der Waals surface area contributed by atoms with Crippen molar-refractivity contribution in [1.82, 2.24) is 5.32 Å². The van der Waals surface area contributed by atoms with Crippen LogP contribution in [0.5, 0.6) is 0 Å². The van der Waals surface area contributed by atoms with E-state index in [1.807, 2.05) is 0 Å². The minimum Gasteiger partial charge on any atom is -0.385 e. The van der Waals surface area contributed by atoms with Gasteiger partial charge in [0.1, 0.15) is 23.1 Å². The fourth-order valence-electron chi connectivity index (χ4n) is 6.34. The van der Waals surface area contributed by atoms with Crippen molar-refractivity contribution in [3.8, 4) is 6.07 Å². The topological polar surface area (TPSA) is 79.2 Å². The van der Waals surface area contributed by atoms with Gasteiger partial charge >= 0.3 is 18.1 Å². The summed E-state index contributed by atoms with van der Waals surface area (Å²) in [6, 6.07) is 6.49. The predicted octanol–water partition coefficient (Wildman–Crippen LogP) is 7.01. The van der Waals surface area contributed by atoms with Crippen LogP contribution in [0.4, 0.5) is 22.0 Å². The smallest absolute Gasteiger partial charge is 0.385 e. The van der Waals surface area contributed by atoms with Gasteiger partial charge in [-0.15, -0.1) is 0 Å². The van der Waals surface area contributed by atoms with E-state index in [0.29, 0.717) is 0 Å². The van der Waals surface area contributed by atoms with Crippen LogP contribution in [0.3, 0.4) is 0 Å². The maximum Gasteiger partial charge on any atom is 0.491 e. The van der Waals surface area contributed by atoms with Crippen molar-refractivity contribution >= 4 is 35.1 Å². The number of halogens is 7. The van der Waals surface area contributed by atoms with Crippen LogP contribution in [0.2, 0.25) is 10.0 Å². The van der Waals surface area contributed by atoms with E-state index < -0.39 is 59.1 Å². The third kappa shape index (κ3) is 5.44. The lowest BCUT2D eigenvalue weighted by molar-refractivity contribution is -0.202. The number of nitrogens with one attached hydrogen (secondary N) is 1. The second kappa shape index (κ2) is 11.6. The van der Waals surface area contributed by atoms with Gasteiger partial charge in [-0.25, -0.2) is 18.4 Å². The van der Waals surface area contributed by atoms with Gasteiger partial charge in [0.15, 0.2) is 0 Å². The molecule has 1 saturated carbocycles. The SMILES string of the molecule is CC(C1CCCCC1)[C@@H]1N[C@@H](C(=O)OC(=O)C(F)(F)F)[C@H](c2cccc(Cl)c2F)[C@@]1(C#N)c1ccc(Cl)cc1F. The molecule has 40 heavy (non-hydrogen) atoms. The van der Waals surface area contributed by atoms with E-state index in [0.717, 1.165) is 38.2 Å². The summed E-state index contributed by atoms with van der Waals surface area (Å²) in [6.07, 6.45) is -1.16. The average Bonchev–Trinajstić information content (AvgIpc) is 3.25. The van der Waals surface area contributed by atoms with Gasteiger partial charge in [0, 0.05) is 22.5 Å². The molecular formula is C28H25Cl2F5N2O3. The number of hydrogen-bond acceptors (Lipinski definition) is 5. The van der Waals surface area contributed by atoms with Crippen LogP contribution in [0.15, 0.2) is 36.4 Å². The van der Waals surface area contributed by atoms with Crippen molar-refractivity contribution < 1.29 is 36.3 Å². The molecule has 0 radical (unpaired) electrons. The lowest BCUT2D eigenvalue weighted by Crippen LogP contribution is -2.49. The zero-order valence-corrected chi connectivity index (χ0v) is 22.7. The highest BCUT2D eigenvalue weighted by Gasteiger charge is 2.63. The minimum atomic E-state index is -5.49. The summed E-state index contributed by atoms with van der Waals surface area (Å²) in [5.41, 5.74) is -2.61. The second-order valence-corrected chi connectivity index (χ2v) is 11.2. The maximum absolute atomic E-state index is 15.7. The van der Waals surface area contributed by atoms with Gasteiger partial charge in [-0.2, -0.15) is 18.4 Å². The molecule has 1 unspecified atom stereocenters. The van der Waals surface area contributed by atoms with Crippen LogP contribution in [0.1, 0.15) is 56.1 Å². The molecule has 214 valence electrons. The van der Waals surface area contributed by atoms with Crippen LogP contribution in [-0.2, 0) is 19.7 Å². The first-order chi connectivity index (χ1) is 18.8. The monoisotopic (exact) mass is 602 g/mol. The third-order valence-electron chi connectivity index (χ3n) is 8.15. The van der Waals surface area contributed by atoms with Crippen molar-refractivity contribution in [3.05, 3.63) is 69.2 Å². The van der Waals surface area contributed by atoms with E-state index >= 15 is 8.78 Å². The van der Waals surface area contributed by atoms with Gasteiger partial charge < -0.3 is 4.74 Å². The number of nitriles is 1. The van der Waals surface area contributed by atoms with E-state index in [9.17, 15) is 28.0 Å². The Morgan fingerprint density at radius 2 is 1.80 bits per heavy atom. The van der Waals surface area contributed by atoms with Crippen LogP contribution >= 0.6 is 23.2 Å². The minimum absolute atomic E-state index is 0.00534. The molecule has 5 nitrogen and oxygen atoms in total. The second-order valence-electron chi connectivity index (χ2n) is 10.3. The number of hydrogen-bond donors (Lipinski definition) is 1. The van der Waals surface area contributed by atoms with Crippen LogP contribution in [-0.4, -0.2) is 30.2 Å². The van der Waals surface area contributed by atoms with Crippen molar-refractivity contribution in [2.45, 2.75) is 68.6 Å². The lowest BCUT2D eigenvalue weighted by Gasteiger charge is -2.40. The average molecular weight is 603 g/mol. The molecule has 2 fully saturated rings. The molecule has 5 atom stereocenters. The number of benzene rings is 2. The first-order valence-electron chi connectivity index (χ1n) is 12.7. The Morgan fingerprint density at radius 3 is 2.40 bits per heavy atom. The highest BCUT2D eigenvalue weighted by molar-refractivity contribution is 6.31. The molecule has 2 aliphatic rings. The molecule has 0 bridgehead atoms. The third-order valence-corrected chi connectivity index (χ3v) is 8.68. The molecule has 1 aliphatic heterocycles. The van der Waals surface area contributed by atoms with E-state index in [-0.39, 0.29) is 27.1 Å². The molecule has 4 rings (SSSR count). The van der Waals surface area contributed by atoms with Gasteiger partial charge in [0.05, 0.1) is 11.1 Å². The number of rotatable bonds is 5. The molecule has 0 spiro atoms. The molecule has 2 aromatic carbocycles. The molecule has 0 amide bonds. The standard InChI is InChI=1S/C28H25Cl2F5N2O3/c1-14(15-6-3-2-4-7-15)24-27(13-36,18-11-10-16(29)12-20(18)31)21(17-8-5-9-19(30)22(17)32)23(37-24)25(38)40-26(39)28(33,34)35/h5,8-12,14-15,21,23-24,37H,2-4,6-7H2,1H3/t14?,21-,23+,24-,27+/m0/s1. The van der Waals surface area contributed by atoms with Crippen molar-refractivity contribution in [3.63, 3.8) is 0 Å². The summed E-state index contributed by atoms with van der Waals surface area (Å²) in [4.78, 5) is 24.8. The quantitative estimate of drug-likeness (QED) is 0.226. The molecule has 1 N–H and O–H groups in total. The van der Waals surface area contributed by atoms with Gasteiger partial charge in [-0.05, 0) is 35.6 Å². The van der Waals surface area contributed by atoms with E-state index in [2.05, 4.69) is 16.1 Å². The van der Waals surface area contributed by atoms with Crippen molar-refractivity contribution in [2.24, 2.45) is 11.8 Å². The van der Waals surface area contributed by atoms with Gasteiger partial charge in [0.25, 0.3) is 0 Å². The summed E-state index contributed by atoms with van der Waals surface area (Å²) in [5.74, 6) is -8.49. The summed E-state index contributed by atoms with van der Waals surface area (Å²) < 4.78 is 74.5. The zero-order chi connectivity index (χ0) is 29.4. The van der Waals surface area contributed by atoms with E-state index in [1.165, 1.54) is 30.3 Å². The molecule has 0 aromatic heterocycles. The fourth-order valence-corrected chi connectivity index (χ4v) is 6.68. The zero-order valence-electron chi connectivity index (χ0n) is 21.2. The first-order valence-corrected chi connectivity index (χ1v) is 13.5. The number of alkyl halides is 3. The molecule has 1 aliphatic carbocycles. The van der Waals surface area contributed by atoms with E-state index in [1.54, 1.807) is 6.92 Å². The Labute approximate surface area is 237 Å². The summed E-state index contributed by atoms with van der Waals surface area (Å²) in [6.45, 7) is 1.80. The Morgan fingerprint density at radius 1 is 1.12 bits per heavy atom. The molecule has 12 heteroatoms. The number of nitrogens with zero attached hydrogens (tertiary/aromatic N) is 1. The molecule has 1 saturated heterocycles. The van der Waals surface area contributed by atoms with Gasteiger partial charge in [-0.3, -0.25) is 5.32 Å². The molecule has 2 aromatic rings. The number of carbonyl (C=O) groups is 2. The Balaban J connectivity index is 1.97.